The number of benzene rings is 1. The van der Waals surface area contributed by atoms with E-state index in [1.807, 2.05) is 37.3 Å². The first-order valence-corrected chi connectivity index (χ1v) is 8.82. The second kappa shape index (κ2) is 4.86. The van der Waals surface area contributed by atoms with Crippen LogP contribution in [0.3, 0.4) is 0 Å². The van der Waals surface area contributed by atoms with Gasteiger partial charge in [0.15, 0.2) is 0 Å². The van der Waals surface area contributed by atoms with E-state index in [-0.39, 0.29) is 0 Å². The molecule has 0 aliphatic carbocycles. The van der Waals surface area contributed by atoms with E-state index in [0.29, 0.717) is 0 Å². The van der Waals surface area contributed by atoms with Crippen LogP contribution >= 0.6 is 11.6 Å². The van der Waals surface area contributed by atoms with E-state index < -0.39 is 8.32 Å². The monoisotopic (exact) mass is 240 g/mol. The summed E-state index contributed by atoms with van der Waals surface area (Å²) in [7, 11) is -1.54. The lowest BCUT2D eigenvalue weighted by atomic mass is 10.2. The molecule has 1 nitrogen and oxygen atoms in total. The lowest BCUT2D eigenvalue weighted by Gasteiger charge is -2.21. The van der Waals surface area contributed by atoms with Gasteiger partial charge < -0.3 is 4.43 Å². The minimum Gasteiger partial charge on any atom is -0.544 e. The van der Waals surface area contributed by atoms with E-state index in [1.165, 1.54) is 0 Å². The van der Waals surface area contributed by atoms with Gasteiger partial charge in [-0.25, -0.2) is 0 Å². The highest BCUT2D eigenvalue weighted by molar-refractivity contribution is 6.70. The summed E-state index contributed by atoms with van der Waals surface area (Å²) in [6, 6.07) is 7.73. The Bertz CT molecular complexity index is 349. The maximum atomic E-state index is 5.97. The highest BCUT2D eigenvalue weighted by Crippen LogP contribution is 2.22. The Hall–Kier alpha value is -0.733. The quantitative estimate of drug-likeness (QED) is 0.556. The highest BCUT2D eigenvalue weighted by Gasteiger charge is 2.17. The second-order valence-corrected chi connectivity index (χ2v) is 9.24. The normalized spacial score (nSPS) is 12.7. The SMILES string of the molecule is C/C=C(\O[Si](C)(C)C)c1ccc(Cl)cc1. The maximum absolute atomic E-state index is 5.97. The fourth-order valence-electron chi connectivity index (χ4n) is 1.23. The van der Waals surface area contributed by atoms with E-state index >= 15 is 0 Å². The fourth-order valence-corrected chi connectivity index (χ4v) is 2.25. The smallest absolute Gasteiger partial charge is 0.242 e. The first-order chi connectivity index (χ1) is 6.92. The van der Waals surface area contributed by atoms with Gasteiger partial charge in [0.1, 0.15) is 5.76 Å². The minimum atomic E-state index is -1.54. The largest absolute Gasteiger partial charge is 0.544 e. The highest BCUT2D eigenvalue weighted by atomic mass is 35.5. The van der Waals surface area contributed by atoms with Gasteiger partial charge in [-0.05, 0) is 56.9 Å². The predicted octanol–water partition coefficient (Wildman–Crippen LogP) is 4.55. The molecule has 0 amide bonds. The van der Waals surface area contributed by atoms with Crippen molar-refractivity contribution in [1.29, 1.82) is 0 Å². The Morgan fingerprint density at radius 3 is 2.13 bits per heavy atom. The molecule has 0 saturated heterocycles. The summed E-state index contributed by atoms with van der Waals surface area (Å²) >= 11 is 5.84. The molecule has 1 rings (SSSR count). The fraction of sp³-hybridized carbons (Fsp3) is 0.333. The Balaban J connectivity index is 2.90. The van der Waals surface area contributed by atoms with E-state index in [0.717, 1.165) is 16.3 Å². The summed E-state index contributed by atoms with van der Waals surface area (Å²) < 4.78 is 5.97. The molecule has 0 aliphatic rings. The molecule has 1 aromatic carbocycles. The van der Waals surface area contributed by atoms with Crippen molar-refractivity contribution in [3.8, 4) is 0 Å². The van der Waals surface area contributed by atoms with Crippen LogP contribution in [0.15, 0.2) is 30.3 Å². The molecule has 0 radical (unpaired) electrons. The van der Waals surface area contributed by atoms with Gasteiger partial charge in [-0.3, -0.25) is 0 Å². The third-order valence-electron chi connectivity index (χ3n) is 1.81. The molecule has 82 valence electrons. The minimum absolute atomic E-state index is 0.752. The van der Waals surface area contributed by atoms with Crippen LogP contribution in [0.25, 0.3) is 5.76 Å². The first-order valence-electron chi connectivity index (χ1n) is 5.03. The average molecular weight is 241 g/mol. The Morgan fingerprint density at radius 1 is 1.20 bits per heavy atom. The molecule has 0 heterocycles. The van der Waals surface area contributed by atoms with Crippen molar-refractivity contribution >= 4 is 25.7 Å². The van der Waals surface area contributed by atoms with Crippen LogP contribution in [-0.2, 0) is 4.43 Å². The van der Waals surface area contributed by atoms with Crippen LogP contribution in [0.1, 0.15) is 12.5 Å². The summed E-state index contributed by atoms with van der Waals surface area (Å²) in [6.45, 7) is 8.51. The third-order valence-corrected chi connectivity index (χ3v) is 2.89. The second-order valence-electron chi connectivity index (χ2n) is 4.37. The third kappa shape index (κ3) is 4.10. The van der Waals surface area contributed by atoms with Gasteiger partial charge in [0.2, 0.25) is 8.32 Å². The molecule has 0 unspecified atom stereocenters. The molecule has 0 bridgehead atoms. The van der Waals surface area contributed by atoms with Gasteiger partial charge in [0, 0.05) is 10.6 Å². The first kappa shape index (κ1) is 12.3. The molecule has 3 heteroatoms. The maximum Gasteiger partial charge on any atom is 0.242 e. The van der Waals surface area contributed by atoms with Crippen molar-refractivity contribution in [3.05, 3.63) is 40.9 Å². The van der Waals surface area contributed by atoms with E-state index in [1.54, 1.807) is 0 Å². The van der Waals surface area contributed by atoms with Gasteiger partial charge in [-0.2, -0.15) is 0 Å². The number of rotatable bonds is 3. The van der Waals surface area contributed by atoms with Gasteiger partial charge in [-0.1, -0.05) is 11.6 Å². The Labute approximate surface area is 97.9 Å². The molecule has 0 atom stereocenters. The Kier molecular flexibility index (Phi) is 4.00. The lowest BCUT2D eigenvalue weighted by molar-refractivity contribution is 0.513. The Morgan fingerprint density at radius 2 is 1.73 bits per heavy atom. The topological polar surface area (TPSA) is 9.23 Å². The van der Waals surface area contributed by atoms with Crippen LogP contribution in [0.5, 0.6) is 0 Å². The van der Waals surface area contributed by atoms with Crippen molar-refractivity contribution < 1.29 is 4.43 Å². The zero-order valence-corrected chi connectivity index (χ0v) is 11.4. The summed E-state index contributed by atoms with van der Waals surface area (Å²) in [5.41, 5.74) is 1.09. The van der Waals surface area contributed by atoms with E-state index in [2.05, 4.69) is 19.6 Å². The van der Waals surface area contributed by atoms with Gasteiger partial charge in [0.25, 0.3) is 0 Å². The molecule has 0 saturated carbocycles. The van der Waals surface area contributed by atoms with E-state index in [9.17, 15) is 0 Å². The van der Waals surface area contributed by atoms with Crippen molar-refractivity contribution in [2.45, 2.75) is 26.6 Å². The zero-order chi connectivity index (χ0) is 11.5. The van der Waals surface area contributed by atoms with Crippen LogP contribution < -0.4 is 0 Å². The van der Waals surface area contributed by atoms with Crippen LogP contribution in [0, 0.1) is 0 Å². The summed E-state index contributed by atoms with van der Waals surface area (Å²) in [6.07, 6.45) is 2.00. The van der Waals surface area contributed by atoms with Gasteiger partial charge in [0.05, 0.1) is 0 Å². The molecule has 0 fully saturated rings. The standard InChI is InChI=1S/C12H17ClOSi/c1-5-12(14-15(2,3)4)10-6-8-11(13)9-7-10/h5-9H,1-4H3/b12-5-. The number of hydrogen-bond acceptors (Lipinski definition) is 1. The summed E-state index contributed by atoms with van der Waals surface area (Å²) in [5, 5.41) is 0.752. The van der Waals surface area contributed by atoms with Crippen molar-refractivity contribution in [1.82, 2.24) is 0 Å². The average Bonchev–Trinajstić information content (AvgIpc) is 2.14. The van der Waals surface area contributed by atoms with Gasteiger partial charge in [-0.15, -0.1) is 0 Å². The lowest BCUT2D eigenvalue weighted by Crippen LogP contribution is -2.24. The van der Waals surface area contributed by atoms with Gasteiger partial charge >= 0.3 is 0 Å². The molecule has 0 aromatic heterocycles. The molecule has 15 heavy (non-hydrogen) atoms. The summed E-state index contributed by atoms with van der Waals surface area (Å²) in [5.74, 6) is 0.950. The van der Waals surface area contributed by atoms with Crippen LogP contribution in [0.2, 0.25) is 24.7 Å². The molecule has 0 N–H and O–H groups in total. The van der Waals surface area contributed by atoms with E-state index in [4.69, 9.17) is 16.0 Å². The molecule has 1 aromatic rings. The van der Waals surface area contributed by atoms with Crippen molar-refractivity contribution in [2.24, 2.45) is 0 Å². The zero-order valence-electron chi connectivity index (χ0n) is 9.67. The van der Waals surface area contributed by atoms with Crippen molar-refractivity contribution in [2.75, 3.05) is 0 Å². The molecule has 0 aliphatic heterocycles. The molecular formula is C12H17ClOSi. The van der Waals surface area contributed by atoms with Crippen LogP contribution in [0.4, 0.5) is 0 Å². The number of hydrogen-bond donors (Lipinski definition) is 0. The number of halogens is 1. The molecular weight excluding hydrogens is 224 g/mol. The number of allylic oxidation sites excluding steroid dienone is 1. The predicted molar refractivity (Wildman–Crippen MR) is 69.5 cm³/mol. The van der Waals surface area contributed by atoms with Crippen LogP contribution in [-0.4, -0.2) is 8.32 Å². The molecule has 0 spiro atoms. The van der Waals surface area contributed by atoms with Crippen molar-refractivity contribution in [3.63, 3.8) is 0 Å². The summed E-state index contributed by atoms with van der Waals surface area (Å²) in [4.78, 5) is 0.